The molecule has 0 bridgehead atoms. The Balaban J connectivity index is 1.40. The van der Waals surface area contributed by atoms with Gasteiger partial charge in [0.15, 0.2) is 5.79 Å². The molecule has 2 aliphatic heterocycles. The van der Waals surface area contributed by atoms with Crippen molar-refractivity contribution in [2.24, 2.45) is 0 Å². The molecule has 0 unspecified atom stereocenters. The maximum atomic E-state index is 12.6. The van der Waals surface area contributed by atoms with Crippen LogP contribution in [0.15, 0.2) is 21.9 Å². The molecule has 128 valence electrons. The third-order valence-corrected chi connectivity index (χ3v) is 5.49. The van der Waals surface area contributed by atoms with Gasteiger partial charge in [-0.1, -0.05) is 6.07 Å². The predicted octanol–water partition coefficient (Wildman–Crippen LogP) is 2.62. The highest BCUT2D eigenvalue weighted by Crippen LogP contribution is 2.32. The number of hydrogen-bond donors (Lipinski definition) is 0. The van der Waals surface area contributed by atoms with Crippen LogP contribution in [0.25, 0.3) is 10.8 Å². The second kappa shape index (κ2) is 6.31. The van der Waals surface area contributed by atoms with Gasteiger partial charge in [-0.3, -0.25) is 4.79 Å². The molecule has 0 aromatic carbocycles. The summed E-state index contributed by atoms with van der Waals surface area (Å²) in [7, 11) is 0. The van der Waals surface area contributed by atoms with Gasteiger partial charge in [0.2, 0.25) is 11.8 Å². The molecule has 2 saturated heterocycles. The molecule has 0 saturated carbocycles. The van der Waals surface area contributed by atoms with E-state index in [1.807, 2.05) is 29.3 Å². The number of likely N-dealkylation sites (tertiary alicyclic amines) is 1. The van der Waals surface area contributed by atoms with Gasteiger partial charge < -0.3 is 18.8 Å². The number of carbonyl (C=O) groups is 1. The number of aryl methyl sites for hydroxylation is 1. The lowest BCUT2D eigenvalue weighted by Gasteiger charge is -2.37. The molecule has 4 heterocycles. The molecule has 0 aliphatic carbocycles. The van der Waals surface area contributed by atoms with Crippen LogP contribution in [0.3, 0.4) is 0 Å². The smallest absolute Gasteiger partial charge is 0.236 e. The lowest BCUT2D eigenvalue weighted by atomic mass is 10.0. The summed E-state index contributed by atoms with van der Waals surface area (Å²) in [5, 5.41) is 1.98. The van der Waals surface area contributed by atoms with Gasteiger partial charge in [0.1, 0.15) is 5.76 Å². The maximum absolute atomic E-state index is 12.6. The fourth-order valence-corrected chi connectivity index (χ4v) is 3.88. The minimum absolute atomic E-state index is 0.0805. The monoisotopic (exact) mass is 348 g/mol. The molecule has 1 spiro atoms. The summed E-state index contributed by atoms with van der Waals surface area (Å²) in [6, 6.07) is 3.92. The Morgan fingerprint density at radius 2 is 2.08 bits per heavy atom. The van der Waals surface area contributed by atoms with Crippen molar-refractivity contribution in [3.05, 3.63) is 29.0 Å². The van der Waals surface area contributed by atoms with E-state index in [1.54, 1.807) is 11.3 Å². The van der Waals surface area contributed by atoms with Crippen LogP contribution in [0.4, 0.5) is 0 Å². The molecule has 0 N–H and O–H groups in total. The van der Waals surface area contributed by atoms with E-state index in [9.17, 15) is 4.79 Å². The number of nitrogens with zero attached hydrogens (tertiary/aromatic N) is 2. The van der Waals surface area contributed by atoms with Gasteiger partial charge in [0, 0.05) is 25.9 Å². The second-order valence-electron chi connectivity index (χ2n) is 6.16. The molecular weight excluding hydrogens is 328 g/mol. The normalized spacial score (nSPS) is 20.0. The van der Waals surface area contributed by atoms with E-state index in [1.165, 1.54) is 0 Å². The number of aromatic nitrogens is 1. The van der Waals surface area contributed by atoms with Gasteiger partial charge in [-0.2, -0.15) is 0 Å². The van der Waals surface area contributed by atoms with Crippen LogP contribution in [-0.2, 0) is 20.7 Å². The lowest BCUT2D eigenvalue weighted by Crippen LogP contribution is -2.47. The first-order valence-corrected chi connectivity index (χ1v) is 9.09. The Bertz CT molecular complexity index is 709. The summed E-state index contributed by atoms with van der Waals surface area (Å²) in [4.78, 5) is 19.9. The van der Waals surface area contributed by atoms with Gasteiger partial charge in [-0.05, 0) is 18.4 Å². The van der Waals surface area contributed by atoms with E-state index in [2.05, 4.69) is 4.98 Å². The zero-order chi connectivity index (χ0) is 16.6. The van der Waals surface area contributed by atoms with Crippen LogP contribution in [0.1, 0.15) is 24.3 Å². The van der Waals surface area contributed by atoms with Crippen LogP contribution in [0.5, 0.6) is 0 Å². The van der Waals surface area contributed by atoms with Gasteiger partial charge in [0.25, 0.3) is 0 Å². The first-order valence-electron chi connectivity index (χ1n) is 8.21. The Morgan fingerprint density at radius 3 is 2.75 bits per heavy atom. The molecule has 2 aromatic rings. The number of ether oxygens (including phenoxy) is 2. The quantitative estimate of drug-likeness (QED) is 0.853. The van der Waals surface area contributed by atoms with Crippen molar-refractivity contribution < 1.29 is 18.7 Å². The minimum atomic E-state index is -0.451. The van der Waals surface area contributed by atoms with E-state index in [0.717, 1.165) is 23.4 Å². The molecule has 24 heavy (non-hydrogen) atoms. The molecule has 2 aliphatic rings. The van der Waals surface area contributed by atoms with Crippen LogP contribution < -0.4 is 0 Å². The average molecular weight is 348 g/mol. The molecule has 0 radical (unpaired) electrons. The van der Waals surface area contributed by atoms with Crippen molar-refractivity contribution in [2.45, 2.75) is 32.0 Å². The summed E-state index contributed by atoms with van der Waals surface area (Å²) in [5.41, 5.74) is 0.719. The highest BCUT2D eigenvalue weighted by Gasteiger charge is 2.40. The zero-order valence-corrected chi connectivity index (χ0v) is 14.4. The fraction of sp³-hybridized carbons (Fsp3) is 0.529. The number of carbonyl (C=O) groups excluding carboxylic acids is 1. The molecule has 2 fully saturated rings. The molecule has 0 atom stereocenters. The maximum Gasteiger partial charge on any atom is 0.236 e. The summed E-state index contributed by atoms with van der Waals surface area (Å²) < 4.78 is 17.1. The van der Waals surface area contributed by atoms with Gasteiger partial charge >= 0.3 is 0 Å². The van der Waals surface area contributed by atoms with Crippen LogP contribution in [0.2, 0.25) is 0 Å². The zero-order valence-electron chi connectivity index (χ0n) is 13.6. The van der Waals surface area contributed by atoms with E-state index in [4.69, 9.17) is 13.9 Å². The molecule has 4 rings (SSSR count). The first-order chi connectivity index (χ1) is 11.7. The number of amides is 1. The van der Waals surface area contributed by atoms with Crippen molar-refractivity contribution in [1.29, 1.82) is 0 Å². The summed E-state index contributed by atoms with van der Waals surface area (Å²) in [5.74, 6) is 0.933. The number of oxazole rings is 1. The van der Waals surface area contributed by atoms with E-state index >= 15 is 0 Å². The van der Waals surface area contributed by atoms with Crippen molar-refractivity contribution in [1.82, 2.24) is 9.88 Å². The number of rotatable bonds is 3. The van der Waals surface area contributed by atoms with Crippen molar-refractivity contribution in [3.8, 4) is 10.8 Å². The standard InChI is InChI=1S/C17H20N2O4S/c1-12-13(18-16(23-12)14-3-2-10-24-14)11-15(20)19-6-4-17(5-7-19)21-8-9-22-17/h2-3,10H,4-9,11H2,1H3. The number of thiophene rings is 1. The second-order valence-corrected chi connectivity index (χ2v) is 7.11. The van der Waals surface area contributed by atoms with Crippen LogP contribution in [-0.4, -0.2) is 47.9 Å². The fourth-order valence-electron chi connectivity index (χ4n) is 3.24. The summed E-state index contributed by atoms with van der Waals surface area (Å²) >= 11 is 1.58. The summed E-state index contributed by atoms with van der Waals surface area (Å²) in [6.07, 6.45) is 1.74. The lowest BCUT2D eigenvalue weighted by molar-refractivity contribution is -0.187. The van der Waals surface area contributed by atoms with Gasteiger partial charge in [0.05, 0.1) is 30.2 Å². The highest BCUT2D eigenvalue weighted by molar-refractivity contribution is 7.13. The summed E-state index contributed by atoms with van der Waals surface area (Å²) in [6.45, 7) is 4.48. The molecule has 2 aromatic heterocycles. The predicted molar refractivity (Wildman–Crippen MR) is 88.7 cm³/mol. The van der Waals surface area contributed by atoms with Gasteiger partial charge in [-0.25, -0.2) is 4.98 Å². The first kappa shape index (κ1) is 15.8. The van der Waals surface area contributed by atoms with Crippen molar-refractivity contribution >= 4 is 17.2 Å². The van der Waals surface area contributed by atoms with Crippen LogP contribution in [0, 0.1) is 6.92 Å². The molecular formula is C17H20N2O4S. The molecule has 1 amide bonds. The average Bonchev–Trinajstić information content (AvgIpc) is 3.31. The Morgan fingerprint density at radius 1 is 1.33 bits per heavy atom. The van der Waals surface area contributed by atoms with Gasteiger partial charge in [-0.15, -0.1) is 11.3 Å². The Hall–Kier alpha value is -1.70. The van der Waals surface area contributed by atoms with Crippen molar-refractivity contribution in [3.63, 3.8) is 0 Å². The number of piperidine rings is 1. The third kappa shape index (κ3) is 2.99. The molecule has 6 nitrogen and oxygen atoms in total. The van der Waals surface area contributed by atoms with E-state index in [0.29, 0.717) is 38.0 Å². The number of hydrogen-bond acceptors (Lipinski definition) is 6. The minimum Gasteiger partial charge on any atom is -0.440 e. The third-order valence-electron chi connectivity index (χ3n) is 4.63. The van der Waals surface area contributed by atoms with Crippen LogP contribution >= 0.6 is 11.3 Å². The topological polar surface area (TPSA) is 64.8 Å². The van der Waals surface area contributed by atoms with E-state index in [-0.39, 0.29) is 12.3 Å². The largest absolute Gasteiger partial charge is 0.440 e. The highest BCUT2D eigenvalue weighted by atomic mass is 32.1. The molecule has 7 heteroatoms. The van der Waals surface area contributed by atoms with E-state index < -0.39 is 5.79 Å². The van der Waals surface area contributed by atoms with Crippen molar-refractivity contribution in [2.75, 3.05) is 26.3 Å². The Kier molecular flexibility index (Phi) is 4.15. The SMILES string of the molecule is Cc1oc(-c2cccs2)nc1CC(=O)N1CCC2(CC1)OCCO2. The Labute approximate surface area is 144 Å².